The number of aliphatic hydroxyl groups is 2. The molecule has 7 nitrogen and oxygen atoms in total. The normalized spacial score (nSPS) is 15.9. The molecule has 2 aromatic carbocycles. The molecule has 246 valence electrons. The zero-order valence-corrected chi connectivity index (χ0v) is 25.6. The van der Waals surface area contributed by atoms with Gasteiger partial charge in [-0.15, -0.1) is 0 Å². The van der Waals surface area contributed by atoms with Crippen LogP contribution in [0.4, 0.5) is 31.1 Å². The summed E-state index contributed by atoms with van der Waals surface area (Å²) in [7, 11) is 1.29. The fourth-order valence-electron chi connectivity index (χ4n) is 5.31. The maximum atomic E-state index is 13.7. The van der Waals surface area contributed by atoms with E-state index in [1.807, 2.05) is 26.8 Å². The molecular formula is C31H41F6N3O4. The van der Waals surface area contributed by atoms with Crippen LogP contribution in [-0.4, -0.2) is 76.7 Å². The number of rotatable bonds is 8. The van der Waals surface area contributed by atoms with Crippen LogP contribution in [0.3, 0.4) is 0 Å². The Bertz CT molecular complexity index is 1230. The van der Waals surface area contributed by atoms with Crippen molar-refractivity contribution < 1.29 is 46.1 Å². The highest BCUT2D eigenvalue weighted by Crippen LogP contribution is 2.37. The number of carbonyl (C=O) groups excluding carboxylic acids is 2. The van der Waals surface area contributed by atoms with Crippen molar-refractivity contribution in [2.75, 3.05) is 39.9 Å². The summed E-state index contributed by atoms with van der Waals surface area (Å²) in [5.41, 5.74) is -2.76. The predicted molar refractivity (Wildman–Crippen MR) is 153 cm³/mol. The first-order valence-electron chi connectivity index (χ1n) is 14.4. The smallest absolute Gasteiger partial charge is 0.396 e. The molecule has 44 heavy (non-hydrogen) atoms. The van der Waals surface area contributed by atoms with Crippen LogP contribution in [0, 0.1) is 12.3 Å². The molecule has 1 unspecified atom stereocenters. The van der Waals surface area contributed by atoms with Gasteiger partial charge in [-0.05, 0) is 54.7 Å². The summed E-state index contributed by atoms with van der Waals surface area (Å²) in [5.74, 6) is -0.298. The quantitative estimate of drug-likeness (QED) is 0.336. The number of aliphatic hydroxyl groups excluding tert-OH is 2. The molecule has 1 aliphatic rings. The number of alkyl halides is 6. The number of hydrogen-bond donors (Lipinski definition) is 2. The Balaban J connectivity index is 0.00000330. The third-order valence-corrected chi connectivity index (χ3v) is 7.70. The van der Waals surface area contributed by atoms with E-state index in [1.165, 1.54) is 11.9 Å². The third-order valence-electron chi connectivity index (χ3n) is 7.70. The number of hydrogen-bond acceptors (Lipinski definition) is 4. The van der Waals surface area contributed by atoms with Crippen LogP contribution in [0.15, 0.2) is 42.5 Å². The van der Waals surface area contributed by atoms with Crippen LogP contribution >= 0.6 is 0 Å². The first-order chi connectivity index (χ1) is 20.5. The van der Waals surface area contributed by atoms with Crippen molar-refractivity contribution in [2.24, 2.45) is 5.41 Å². The standard InChI is InChI=1S/C29H35F6N3O4.C2H6/c1-19-6-4-5-7-23(19)24-18-37(25(41)27(2,8-12-39)9-13-40)10-11-38(24)26(42)36(3)17-20-14-21(28(30,31)32)16-22(15-20)29(33,34)35;1-2/h4-7,14-16,24,39-40H,8-13,17-18H2,1-3H3;1-2H3. The number of benzene rings is 2. The molecule has 0 aliphatic carbocycles. The van der Waals surface area contributed by atoms with Gasteiger partial charge in [0.15, 0.2) is 0 Å². The largest absolute Gasteiger partial charge is 0.416 e. The highest BCUT2D eigenvalue weighted by Gasteiger charge is 2.42. The minimum absolute atomic E-state index is 0.0388. The lowest BCUT2D eigenvalue weighted by molar-refractivity contribution is -0.146. The van der Waals surface area contributed by atoms with Gasteiger partial charge in [0.25, 0.3) is 0 Å². The number of carbonyl (C=O) groups is 2. The number of amides is 3. The van der Waals surface area contributed by atoms with Crippen LogP contribution in [-0.2, 0) is 23.7 Å². The monoisotopic (exact) mass is 633 g/mol. The van der Waals surface area contributed by atoms with E-state index in [1.54, 1.807) is 30.0 Å². The molecule has 0 saturated carbocycles. The van der Waals surface area contributed by atoms with Crippen molar-refractivity contribution in [3.05, 3.63) is 70.3 Å². The average Bonchev–Trinajstić information content (AvgIpc) is 2.96. The molecule has 1 fully saturated rings. The first-order valence-corrected chi connectivity index (χ1v) is 14.4. The van der Waals surface area contributed by atoms with E-state index in [2.05, 4.69) is 0 Å². The van der Waals surface area contributed by atoms with Crippen LogP contribution < -0.4 is 0 Å². The van der Waals surface area contributed by atoms with Gasteiger partial charge in [0, 0.05) is 46.4 Å². The highest BCUT2D eigenvalue weighted by molar-refractivity contribution is 5.83. The molecular weight excluding hydrogens is 592 g/mol. The summed E-state index contributed by atoms with van der Waals surface area (Å²) in [6.07, 6.45) is -9.78. The SMILES string of the molecule is CC.Cc1ccccc1C1CN(C(=O)C(C)(CCO)CCO)CCN1C(=O)N(C)Cc1cc(C(F)(F)F)cc(C(F)(F)F)c1. The minimum Gasteiger partial charge on any atom is -0.396 e. The Hall–Kier alpha value is -3.32. The highest BCUT2D eigenvalue weighted by atomic mass is 19.4. The van der Waals surface area contributed by atoms with Gasteiger partial charge in [0.05, 0.1) is 22.6 Å². The molecule has 3 rings (SSSR count). The maximum absolute atomic E-state index is 13.7. The molecule has 0 spiro atoms. The fraction of sp³-hybridized carbons (Fsp3) is 0.548. The summed E-state index contributed by atoms with van der Waals surface area (Å²) in [5, 5.41) is 19.1. The van der Waals surface area contributed by atoms with Gasteiger partial charge >= 0.3 is 18.4 Å². The Labute approximate surface area is 254 Å². The molecule has 1 saturated heterocycles. The zero-order valence-electron chi connectivity index (χ0n) is 25.6. The van der Waals surface area contributed by atoms with Gasteiger partial charge < -0.3 is 24.9 Å². The molecule has 1 atom stereocenters. The van der Waals surface area contributed by atoms with Crippen molar-refractivity contribution in [3.63, 3.8) is 0 Å². The number of nitrogens with zero attached hydrogens (tertiary/aromatic N) is 3. The maximum Gasteiger partial charge on any atom is 0.416 e. The summed E-state index contributed by atoms with van der Waals surface area (Å²) < 4.78 is 80.2. The van der Waals surface area contributed by atoms with Crippen LogP contribution in [0.2, 0.25) is 0 Å². The Morgan fingerprint density at radius 1 is 0.909 bits per heavy atom. The van der Waals surface area contributed by atoms with E-state index in [9.17, 15) is 46.1 Å². The summed E-state index contributed by atoms with van der Waals surface area (Å²) >= 11 is 0. The molecule has 0 bridgehead atoms. The average molecular weight is 634 g/mol. The lowest BCUT2D eigenvalue weighted by atomic mass is 9.81. The lowest BCUT2D eigenvalue weighted by Gasteiger charge is -2.45. The van der Waals surface area contributed by atoms with Crippen molar-refractivity contribution in [3.8, 4) is 0 Å². The lowest BCUT2D eigenvalue weighted by Crippen LogP contribution is -2.57. The molecule has 2 N–H and O–H groups in total. The van der Waals surface area contributed by atoms with Crippen molar-refractivity contribution in [1.29, 1.82) is 0 Å². The van der Waals surface area contributed by atoms with Crippen LogP contribution in [0.1, 0.15) is 67.5 Å². The van der Waals surface area contributed by atoms with Gasteiger partial charge in [-0.2, -0.15) is 26.3 Å². The Morgan fingerprint density at radius 3 is 1.91 bits per heavy atom. The first kappa shape index (κ1) is 36.9. The van der Waals surface area contributed by atoms with Crippen molar-refractivity contribution in [2.45, 2.75) is 65.5 Å². The van der Waals surface area contributed by atoms with E-state index >= 15 is 0 Å². The van der Waals surface area contributed by atoms with E-state index in [0.29, 0.717) is 12.1 Å². The summed E-state index contributed by atoms with van der Waals surface area (Å²) in [4.78, 5) is 31.3. The summed E-state index contributed by atoms with van der Waals surface area (Å²) in [6.45, 7) is 6.64. The van der Waals surface area contributed by atoms with Crippen LogP contribution in [0.5, 0.6) is 0 Å². The predicted octanol–water partition coefficient (Wildman–Crippen LogP) is 6.27. The second-order valence-corrected chi connectivity index (χ2v) is 10.9. The second-order valence-electron chi connectivity index (χ2n) is 10.9. The van der Waals surface area contributed by atoms with Crippen LogP contribution in [0.25, 0.3) is 0 Å². The molecule has 1 heterocycles. The van der Waals surface area contributed by atoms with Crippen molar-refractivity contribution in [1.82, 2.24) is 14.7 Å². The molecule has 0 aromatic heterocycles. The Morgan fingerprint density at radius 2 is 1.43 bits per heavy atom. The molecule has 2 aromatic rings. The number of halogens is 6. The van der Waals surface area contributed by atoms with Gasteiger partial charge in [-0.25, -0.2) is 4.79 Å². The minimum atomic E-state index is -5.02. The van der Waals surface area contributed by atoms with E-state index < -0.39 is 47.5 Å². The number of urea groups is 1. The van der Waals surface area contributed by atoms with Crippen molar-refractivity contribution >= 4 is 11.9 Å². The molecule has 13 heteroatoms. The number of aryl methyl sites for hydroxylation is 1. The third kappa shape index (κ3) is 8.87. The number of piperazine rings is 1. The second kappa shape index (κ2) is 15.1. The summed E-state index contributed by atoms with van der Waals surface area (Å²) in [6, 6.07) is 7.11. The fourth-order valence-corrected chi connectivity index (χ4v) is 5.31. The van der Waals surface area contributed by atoms with Gasteiger partial charge in [-0.1, -0.05) is 45.0 Å². The molecule has 0 radical (unpaired) electrons. The van der Waals surface area contributed by atoms with E-state index in [-0.39, 0.29) is 63.2 Å². The van der Waals surface area contributed by atoms with E-state index in [4.69, 9.17) is 0 Å². The van der Waals surface area contributed by atoms with Gasteiger partial charge in [0.1, 0.15) is 0 Å². The van der Waals surface area contributed by atoms with E-state index in [0.717, 1.165) is 16.0 Å². The molecule has 3 amide bonds. The zero-order chi connectivity index (χ0) is 33.5. The van der Waals surface area contributed by atoms with Gasteiger partial charge in [-0.3, -0.25) is 4.79 Å². The molecule has 1 aliphatic heterocycles. The topological polar surface area (TPSA) is 84.3 Å². The van der Waals surface area contributed by atoms with Gasteiger partial charge in [0.2, 0.25) is 5.91 Å². The Kier molecular flexibility index (Phi) is 12.7.